The fraction of sp³-hybridized carbons (Fsp3) is 0.462. The molecule has 6 nitrogen and oxygen atoms in total. The number of aliphatic hydroxyl groups excluding tert-OH is 2. The zero-order valence-corrected chi connectivity index (χ0v) is 12.9. The lowest BCUT2D eigenvalue weighted by molar-refractivity contribution is -0.120. The van der Waals surface area contributed by atoms with Crippen molar-refractivity contribution in [1.82, 2.24) is 5.32 Å². The predicted octanol–water partition coefficient (Wildman–Crippen LogP) is 0.206. The van der Waals surface area contributed by atoms with Crippen LogP contribution in [-0.2, 0) is 14.6 Å². The molecule has 0 radical (unpaired) electrons. The van der Waals surface area contributed by atoms with Gasteiger partial charge in [0.15, 0.2) is 9.84 Å². The molecule has 0 bridgehead atoms. The van der Waals surface area contributed by atoms with Crippen molar-refractivity contribution in [1.29, 1.82) is 0 Å². The first kappa shape index (κ1) is 19.5. The Labute approximate surface area is 123 Å². The van der Waals surface area contributed by atoms with E-state index < -0.39 is 34.6 Å². The van der Waals surface area contributed by atoms with E-state index in [1.807, 2.05) is 0 Å². The van der Waals surface area contributed by atoms with Gasteiger partial charge in [-0.2, -0.15) is 0 Å². The first-order valence-electron chi connectivity index (χ1n) is 6.01. The summed E-state index contributed by atoms with van der Waals surface area (Å²) in [6.45, 7) is 0.302. The van der Waals surface area contributed by atoms with Crippen molar-refractivity contribution in [2.45, 2.75) is 24.0 Å². The van der Waals surface area contributed by atoms with Gasteiger partial charge in [-0.3, -0.25) is 4.79 Å². The molecule has 0 fully saturated rings. The van der Waals surface area contributed by atoms with E-state index in [0.717, 1.165) is 13.4 Å². The third-order valence-corrected chi connectivity index (χ3v) is 3.71. The first-order chi connectivity index (χ1) is 9.75. The quantitative estimate of drug-likeness (QED) is 0.719. The average Bonchev–Trinajstić information content (AvgIpc) is 2.45. The largest absolute Gasteiger partial charge is 0.400 e. The van der Waals surface area contributed by atoms with E-state index in [2.05, 4.69) is 5.32 Å². The number of carbonyl (C=O) groups is 1. The number of carbonyl (C=O) groups excluding carboxylic acids is 1. The molecule has 0 aliphatic rings. The molecule has 1 rings (SSSR count). The van der Waals surface area contributed by atoms with Gasteiger partial charge >= 0.3 is 0 Å². The number of alkyl halides is 1. The number of amides is 1. The maximum Gasteiger partial charge on any atom is 0.217 e. The Morgan fingerprint density at radius 3 is 2.10 bits per heavy atom. The van der Waals surface area contributed by atoms with Crippen molar-refractivity contribution in [3.8, 4) is 0 Å². The lowest BCUT2D eigenvalue weighted by Crippen LogP contribution is -2.39. The van der Waals surface area contributed by atoms with E-state index >= 15 is 0 Å². The zero-order chi connectivity index (χ0) is 16.6. The predicted molar refractivity (Wildman–Crippen MR) is 76.2 cm³/mol. The Kier molecular flexibility index (Phi) is 8.08. The van der Waals surface area contributed by atoms with Gasteiger partial charge in [-0.25, -0.2) is 12.8 Å². The highest BCUT2D eigenvalue weighted by molar-refractivity contribution is 7.90. The van der Waals surface area contributed by atoms with Crippen LogP contribution in [0.25, 0.3) is 0 Å². The molecule has 3 N–H and O–H groups in total. The van der Waals surface area contributed by atoms with Crippen LogP contribution in [0.2, 0.25) is 0 Å². The Bertz CT molecular complexity index is 544. The lowest BCUT2D eigenvalue weighted by Gasteiger charge is -2.21. The van der Waals surface area contributed by atoms with Gasteiger partial charge in [-0.1, -0.05) is 12.1 Å². The molecule has 0 unspecified atom stereocenters. The van der Waals surface area contributed by atoms with Crippen LogP contribution < -0.4 is 5.32 Å². The number of nitrogens with one attached hydrogen (secondary N) is 1. The van der Waals surface area contributed by atoms with E-state index in [0.29, 0.717) is 5.56 Å². The Morgan fingerprint density at radius 2 is 1.76 bits per heavy atom. The fourth-order valence-electron chi connectivity index (χ4n) is 1.61. The van der Waals surface area contributed by atoms with Crippen LogP contribution in [0.4, 0.5) is 4.39 Å². The van der Waals surface area contributed by atoms with Gasteiger partial charge in [0.25, 0.3) is 0 Å². The SMILES string of the molecule is CC(=O)N[C@H](CF)[C@H](O)c1ccc(S(C)(=O)=O)cc1.CO. The van der Waals surface area contributed by atoms with Crippen LogP contribution >= 0.6 is 0 Å². The lowest BCUT2D eigenvalue weighted by atomic mass is 10.0. The summed E-state index contributed by atoms with van der Waals surface area (Å²) in [5.74, 6) is -0.450. The van der Waals surface area contributed by atoms with Crippen LogP contribution in [0.15, 0.2) is 29.2 Å². The number of rotatable bonds is 5. The molecule has 0 saturated heterocycles. The van der Waals surface area contributed by atoms with Gasteiger partial charge in [0.05, 0.1) is 10.9 Å². The number of benzene rings is 1. The van der Waals surface area contributed by atoms with Crippen LogP contribution in [-0.4, -0.2) is 50.6 Å². The topological polar surface area (TPSA) is 104 Å². The van der Waals surface area contributed by atoms with Crippen LogP contribution in [0.1, 0.15) is 18.6 Å². The number of hydrogen-bond acceptors (Lipinski definition) is 5. The average molecular weight is 321 g/mol. The molecule has 0 aliphatic heterocycles. The molecule has 8 heteroatoms. The minimum Gasteiger partial charge on any atom is -0.400 e. The number of aliphatic hydroxyl groups is 2. The minimum absolute atomic E-state index is 0.111. The summed E-state index contributed by atoms with van der Waals surface area (Å²) >= 11 is 0. The van der Waals surface area contributed by atoms with Crippen LogP contribution in [0, 0.1) is 0 Å². The zero-order valence-electron chi connectivity index (χ0n) is 12.1. The maximum atomic E-state index is 12.8. The van der Waals surface area contributed by atoms with Gasteiger partial charge in [0, 0.05) is 20.3 Å². The summed E-state index contributed by atoms with van der Waals surface area (Å²) in [5.41, 5.74) is 0.337. The molecular weight excluding hydrogens is 301 g/mol. The summed E-state index contributed by atoms with van der Waals surface area (Å²) in [7, 11) is -2.32. The summed E-state index contributed by atoms with van der Waals surface area (Å²) in [5, 5.41) is 19.2. The summed E-state index contributed by atoms with van der Waals surface area (Å²) in [6.07, 6.45) is -0.164. The van der Waals surface area contributed by atoms with Gasteiger partial charge in [0.2, 0.25) is 5.91 Å². The van der Waals surface area contributed by atoms with E-state index in [-0.39, 0.29) is 4.90 Å². The third kappa shape index (κ3) is 6.19. The second-order valence-electron chi connectivity index (χ2n) is 4.25. The Hall–Kier alpha value is -1.51. The minimum atomic E-state index is -3.32. The van der Waals surface area contributed by atoms with Crippen LogP contribution in [0.5, 0.6) is 0 Å². The van der Waals surface area contributed by atoms with Crippen molar-refractivity contribution < 1.29 is 27.8 Å². The van der Waals surface area contributed by atoms with Crippen molar-refractivity contribution in [3.05, 3.63) is 29.8 Å². The van der Waals surface area contributed by atoms with Gasteiger partial charge < -0.3 is 15.5 Å². The molecule has 0 heterocycles. The monoisotopic (exact) mass is 321 g/mol. The highest BCUT2D eigenvalue weighted by Gasteiger charge is 2.22. The summed E-state index contributed by atoms with van der Waals surface area (Å²) in [4.78, 5) is 11.0. The molecule has 1 amide bonds. The Morgan fingerprint density at radius 1 is 1.29 bits per heavy atom. The summed E-state index contributed by atoms with van der Waals surface area (Å²) < 4.78 is 35.3. The smallest absolute Gasteiger partial charge is 0.217 e. The number of halogens is 1. The summed E-state index contributed by atoms with van der Waals surface area (Å²) in [6, 6.07) is 4.40. The highest BCUT2D eigenvalue weighted by atomic mass is 32.2. The molecule has 0 spiro atoms. The number of sulfone groups is 1. The normalized spacial score (nSPS) is 13.6. The van der Waals surface area contributed by atoms with Crippen molar-refractivity contribution in [2.75, 3.05) is 20.0 Å². The Balaban J connectivity index is 0.00000191. The molecule has 2 atom stereocenters. The van der Waals surface area contributed by atoms with Crippen molar-refractivity contribution in [3.63, 3.8) is 0 Å². The second-order valence-corrected chi connectivity index (χ2v) is 6.26. The molecular formula is C13H20FNO5S. The van der Waals surface area contributed by atoms with Crippen LogP contribution in [0.3, 0.4) is 0 Å². The van der Waals surface area contributed by atoms with Gasteiger partial charge in [-0.15, -0.1) is 0 Å². The van der Waals surface area contributed by atoms with E-state index in [4.69, 9.17) is 5.11 Å². The molecule has 120 valence electrons. The first-order valence-corrected chi connectivity index (χ1v) is 7.90. The van der Waals surface area contributed by atoms with Gasteiger partial charge in [0.1, 0.15) is 12.8 Å². The molecule has 0 saturated carbocycles. The number of hydrogen-bond donors (Lipinski definition) is 3. The molecule has 21 heavy (non-hydrogen) atoms. The molecule has 1 aromatic rings. The molecule has 1 aromatic carbocycles. The van der Waals surface area contributed by atoms with E-state index in [1.165, 1.54) is 31.2 Å². The van der Waals surface area contributed by atoms with Crippen molar-refractivity contribution >= 4 is 15.7 Å². The van der Waals surface area contributed by atoms with Gasteiger partial charge in [-0.05, 0) is 17.7 Å². The van der Waals surface area contributed by atoms with Crippen molar-refractivity contribution in [2.24, 2.45) is 0 Å². The van der Waals surface area contributed by atoms with E-state index in [1.54, 1.807) is 0 Å². The molecule has 0 aliphatic carbocycles. The fourth-order valence-corrected chi connectivity index (χ4v) is 2.24. The maximum absolute atomic E-state index is 12.8. The standard InChI is InChI=1S/C12H16FNO4S.CH4O/c1-8(15)14-11(7-13)12(16)9-3-5-10(6-4-9)19(2,17)18;1-2/h3-6,11-12,16H,7H2,1-2H3,(H,14,15);2H,1H3/t11-,12-;/m1./s1. The highest BCUT2D eigenvalue weighted by Crippen LogP contribution is 2.19. The molecule has 0 aromatic heterocycles. The van der Waals surface area contributed by atoms with E-state index in [9.17, 15) is 22.7 Å². The second kappa shape index (κ2) is 8.71. The third-order valence-electron chi connectivity index (χ3n) is 2.59.